The van der Waals surface area contributed by atoms with Gasteiger partial charge in [0.25, 0.3) is 5.91 Å². The summed E-state index contributed by atoms with van der Waals surface area (Å²) in [6.45, 7) is -1.56. The number of benzene rings is 1. The van der Waals surface area contributed by atoms with Crippen molar-refractivity contribution in [2.45, 2.75) is 0 Å². The number of carbonyl (C=O) groups excluding carboxylic acids is 2. The first-order valence-electron chi connectivity index (χ1n) is 5.06. The molecule has 0 atom stereocenters. The predicted octanol–water partition coefficient (Wildman–Crippen LogP) is -0.0231. The Morgan fingerprint density at radius 2 is 1.84 bits per heavy atom. The van der Waals surface area contributed by atoms with Crippen LogP contribution in [0.3, 0.4) is 0 Å². The number of carboxylic acid groups (broad SMARTS) is 1. The minimum Gasteiger partial charge on any atom is -0.480 e. The molecule has 1 aromatic rings. The van der Waals surface area contributed by atoms with Crippen LogP contribution < -0.4 is 5.73 Å². The van der Waals surface area contributed by atoms with Crippen LogP contribution in [0.25, 0.3) is 0 Å². The van der Waals surface area contributed by atoms with Crippen molar-refractivity contribution in [2.75, 3.05) is 13.1 Å². The molecule has 1 aromatic carbocycles. The molecule has 0 radical (unpaired) electrons. The molecule has 6 nitrogen and oxygen atoms in total. The van der Waals surface area contributed by atoms with Crippen molar-refractivity contribution in [1.82, 2.24) is 4.90 Å². The highest BCUT2D eigenvalue weighted by Gasteiger charge is 2.24. The highest BCUT2D eigenvalue weighted by Crippen LogP contribution is 2.13. The van der Waals surface area contributed by atoms with E-state index in [2.05, 4.69) is 0 Å². The molecule has 0 heterocycles. The molecule has 0 bridgehead atoms. The number of nitrogens with two attached hydrogens (primary N) is 1. The first-order chi connectivity index (χ1) is 8.82. The maximum Gasteiger partial charge on any atom is 0.323 e. The Labute approximate surface area is 106 Å². The summed E-state index contributed by atoms with van der Waals surface area (Å²) in [7, 11) is 0. The smallest absolute Gasteiger partial charge is 0.323 e. The molecule has 0 saturated carbocycles. The molecule has 0 fully saturated rings. The molecule has 3 N–H and O–H groups in total. The average molecular weight is 272 g/mol. The van der Waals surface area contributed by atoms with Gasteiger partial charge in [0.05, 0.1) is 5.56 Å². The van der Waals surface area contributed by atoms with Gasteiger partial charge in [-0.3, -0.25) is 14.4 Å². The van der Waals surface area contributed by atoms with E-state index in [1.54, 1.807) is 0 Å². The maximum atomic E-state index is 13.4. The number of carboxylic acids is 1. The number of rotatable bonds is 5. The quantitative estimate of drug-likeness (QED) is 0.786. The van der Waals surface area contributed by atoms with Crippen LogP contribution in [-0.2, 0) is 9.59 Å². The fraction of sp³-hybridized carbons (Fsp3) is 0.182. The van der Waals surface area contributed by atoms with E-state index in [1.165, 1.54) is 0 Å². The van der Waals surface area contributed by atoms with Crippen molar-refractivity contribution in [3.63, 3.8) is 0 Å². The molecule has 0 spiro atoms. The van der Waals surface area contributed by atoms with Crippen LogP contribution in [0, 0.1) is 11.6 Å². The van der Waals surface area contributed by atoms with Crippen molar-refractivity contribution >= 4 is 17.8 Å². The molecule has 19 heavy (non-hydrogen) atoms. The number of carbonyl (C=O) groups is 3. The van der Waals surface area contributed by atoms with E-state index in [9.17, 15) is 23.2 Å². The van der Waals surface area contributed by atoms with E-state index in [1.807, 2.05) is 0 Å². The topological polar surface area (TPSA) is 101 Å². The van der Waals surface area contributed by atoms with Gasteiger partial charge in [-0.25, -0.2) is 8.78 Å². The summed E-state index contributed by atoms with van der Waals surface area (Å²) in [6, 6.07) is 2.88. The van der Waals surface area contributed by atoms with Gasteiger partial charge in [0, 0.05) is 0 Å². The zero-order valence-electron chi connectivity index (χ0n) is 9.60. The molecular weight excluding hydrogens is 262 g/mol. The third-order valence-electron chi connectivity index (χ3n) is 2.14. The van der Waals surface area contributed by atoms with Gasteiger partial charge in [0.15, 0.2) is 11.6 Å². The van der Waals surface area contributed by atoms with E-state index < -0.39 is 48.1 Å². The normalized spacial score (nSPS) is 10.0. The fourth-order valence-electron chi connectivity index (χ4n) is 1.39. The lowest BCUT2D eigenvalue weighted by atomic mass is 10.1. The van der Waals surface area contributed by atoms with Crippen LogP contribution in [0.1, 0.15) is 10.4 Å². The van der Waals surface area contributed by atoms with Gasteiger partial charge in [-0.1, -0.05) is 6.07 Å². The minimum absolute atomic E-state index is 0.516. The second-order valence-electron chi connectivity index (χ2n) is 3.62. The Bertz CT molecular complexity index is 517. The summed E-state index contributed by atoms with van der Waals surface area (Å²) in [5, 5.41) is 8.60. The van der Waals surface area contributed by atoms with E-state index in [0.717, 1.165) is 18.2 Å². The summed E-state index contributed by atoms with van der Waals surface area (Å²) < 4.78 is 26.4. The molecule has 0 aliphatic carbocycles. The average Bonchev–Trinajstić information content (AvgIpc) is 2.30. The molecule has 0 saturated heterocycles. The van der Waals surface area contributed by atoms with Crippen LogP contribution in [0.4, 0.5) is 8.78 Å². The summed E-state index contributed by atoms with van der Waals surface area (Å²) in [5.74, 6) is -6.16. The number of nitrogens with zero attached hydrogens (tertiary/aromatic N) is 1. The Morgan fingerprint density at radius 3 is 2.37 bits per heavy atom. The molecule has 0 aliphatic rings. The van der Waals surface area contributed by atoms with Gasteiger partial charge in [-0.05, 0) is 12.1 Å². The van der Waals surface area contributed by atoms with Crippen molar-refractivity contribution in [1.29, 1.82) is 0 Å². The van der Waals surface area contributed by atoms with Gasteiger partial charge < -0.3 is 15.7 Å². The highest BCUT2D eigenvalue weighted by molar-refractivity contribution is 5.98. The number of amides is 2. The standard InChI is InChI=1S/C11H10F2N2O4/c12-7-3-1-2-6(10(7)13)11(19)15(4-8(14)16)5-9(17)18/h1-3H,4-5H2,(H2,14,16)(H,17,18). The lowest BCUT2D eigenvalue weighted by molar-refractivity contribution is -0.138. The van der Waals surface area contributed by atoms with Crippen LogP contribution >= 0.6 is 0 Å². The lowest BCUT2D eigenvalue weighted by Crippen LogP contribution is -2.41. The maximum absolute atomic E-state index is 13.4. The van der Waals surface area contributed by atoms with Gasteiger partial charge in [0.2, 0.25) is 5.91 Å². The molecule has 0 aliphatic heterocycles. The first-order valence-corrected chi connectivity index (χ1v) is 5.06. The zero-order valence-corrected chi connectivity index (χ0v) is 9.60. The molecule has 2 amide bonds. The van der Waals surface area contributed by atoms with Crippen LogP contribution in [0.15, 0.2) is 18.2 Å². The van der Waals surface area contributed by atoms with E-state index >= 15 is 0 Å². The van der Waals surface area contributed by atoms with Gasteiger partial charge >= 0.3 is 5.97 Å². The second kappa shape index (κ2) is 5.89. The number of halogens is 2. The summed E-state index contributed by atoms with van der Waals surface area (Å²) >= 11 is 0. The van der Waals surface area contributed by atoms with Crippen molar-refractivity contribution in [3.8, 4) is 0 Å². The van der Waals surface area contributed by atoms with E-state index in [-0.39, 0.29) is 0 Å². The second-order valence-corrected chi connectivity index (χ2v) is 3.62. The largest absolute Gasteiger partial charge is 0.480 e. The third kappa shape index (κ3) is 3.73. The van der Waals surface area contributed by atoms with Crippen molar-refractivity contribution < 1.29 is 28.3 Å². The van der Waals surface area contributed by atoms with Crippen LogP contribution in [-0.4, -0.2) is 40.9 Å². The van der Waals surface area contributed by atoms with E-state index in [4.69, 9.17) is 10.8 Å². The predicted molar refractivity (Wildman–Crippen MR) is 59.1 cm³/mol. The number of primary amides is 1. The van der Waals surface area contributed by atoms with Gasteiger partial charge in [0.1, 0.15) is 13.1 Å². The number of aliphatic carboxylic acids is 1. The summed E-state index contributed by atoms with van der Waals surface area (Å²) in [4.78, 5) is 33.7. The van der Waals surface area contributed by atoms with Crippen molar-refractivity contribution in [2.24, 2.45) is 5.73 Å². The molecule has 0 aromatic heterocycles. The minimum atomic E-state index is -1.41. The monoisotopic (exact) mass is 272 g/mol. The fourth-order valence-corrected chi connectivity index (χ4v) is 1.39. The summed E-state index contributed by atoms with van der Waals surface area (Å²) in [6.07, 6.45) is 0. The molecule has 1 rings (SSSR count). The van der Waals surface area contributed by atoms with Crippen LogP contribution in [0.5, 0.6) is 0 Å². The third-order valence-corrected chi connectivity index (χ3v) is 2.14. The zero-order chi connectivity index (χ0) is 14.6. The van der Waals surface area contributed by atoms with Gasteiger partial charge in [-0.2, -0.15) is 0 Å². The Balaban J connectivity index is 3.07. The first kappa shape index (κ1) is 14.6. The summed E-state index contributed by atoms with van der Waals surface area (Å²) in [5.41, 5.74) is 4.19. The lowest BCUT2D eigenvalue weighted by Gasteiger charge is -2.19. The molecule has 8 heteroatoms. The number of hydrogen-bond acceptors (Lipinski definition) is 3. The molecule has 0 unspecified atom stereocenters. The van der Waals surface area contributed by atoms with Gasteiger partial charge in [-0.15, -0.1) is 0 Å². The molecular formula is C11H10F2N2O4. The highest BCUT2D eigenvalue weighted by atomic mass is 19.2. The van der Waals surface area contributed by atoms with Crippen LogP contribution in [0.2, 0.25) is 0 Å². The Morgan fingerprint density at radius 1 is 1.21 bits per heavy atom. The Kier molecular flexibility index (Phi) is 4.51. The Hall–Kier alpha value is -2.51. The molecule has 102 valence electrons. The van der Waals surface area contributed by atoms with Crippen molar-refractivity contribution in [3.05, 3.63) is 35.4 Å². The number of hydrogen-bond donors (Lipinski definition) is 2. The van der Waals surface area contributed by atoms with E-state index in [0.29, 0.717) is 4.90 Å². The SMILES string of the molecule is NC(=O)CN(CC(=O)O)C(=O)c1cccc(F)c1F.